The average Bonchev–Trinajstić information content (AvgIpc) is 3.30. The van der Waals surface area contributed by atoms with Crippen molar-refractivity contribution in [3.63, 3.8) is 0 Å². The van der Waals surface area contributed by atoms with Crippen molar-refractivity contribution in [2.45, 2.75) is 6.42 Å². The maximum absolute atomic E-state index is 13.1. The van der Waals surface area contributed by atoms with Crippen LogP contribution in [0, 0.1) is 27.3 Å². The van der Waals surface area contributed by atoms with Gasteiger partial charge in [-0.2, -0.15) is 5.26 Å². The Morgan fingerprint density at radius 1 is 1.30 bits per heavy atom. The summed E-state index contributed by atoms with van der Waals surface area (Å²) in [6.07, 6.45) is 1.79. The minimum atomic E-state index is -0.605. The zero-order valence-corrected chi connectivity index (χ0v) is 16.0. The van der Waals surface area contributed by atoms with Gasteiger partial charge in [-0.05, 0) is 30.3 Å². The standard InChI is InChI=1S/C20H12FN5O3S/c21-14-3-1-12(2-4-14)18-10-25-16(11-30-20(25)24-18)8-19(27)23-17-6-5-15(26(28)29)7-13(17)9-22/h1-7,10-11H,8H2,(H,23,27). The number of anilines is 1. The molecule has 30 heavy (non-hydrogen) atoms. The lowest BCUT2D eigenvalue weighted by molar-refractivity contribution is -0.384. The smallest absolute Gasteiger partial charge is 0.270 e. The average molecular weight is 421 g/mol. The van der Waals surface area contributed by atoms with Gasteiger partial charge in [-0.1, -0.05) is 0 Å². The summed E-state index contributed by atoms with van der Waals surface area (Å²) in [5.74, 6) is -0.711. The van der Waals surface area contributed by atoms with Gasteiger partial charge in [0, 0.05) is 35.0 Å². The largest absolute Gasteiger partial charge is 0.325 e. The predicted octanol–water partition coefficient (Wildman–Crippen LogP) is 4.16. The number of hydrogen-bond acceptors (Lipinski definition) is 6. The number of imidazole rings is 1. The second-order valence-electron chi connectivity index (χ2n) is 6.34. The fourth-order valence-corrected chi connectivity index (χ4v) is 3.80. The lowest BCUT2D eigenvalue weighted by Crippen LogP contribution is -2.16. The van der Waals surface area contributed by atoms with Crippen molar-refractivity contribution < 1.29 is 14.1 Å². The number of benzene rings is 2. The first kappa shape index (κ1) is 19.2. The first-order chi connectivity index (χ1) is 14.4. The third-order valence-corrected chi connectivity index (χ3v) is 5.26. The molecule has 1 N–H and O–H groups in total. The van der Waals surface area contributed by atoms with Crippen molar-refractivity contribution in [2.75, 3.05) is 5.32 Å². The molecule has 0 unspecified atom stereocenters. The molecule has 0 saturated carbocycles. The Hall–Kier alpha value is -4.10. The monoisotopic (exact) mass is 421 g/mol. The van der Waals surface area contributed by atoms with Crippen molar-refractivity contribution in [1.82, 2.24) is 9.38 Å². The number of rotatable bonds is 5. The number of non-ortho nitro benzene ring substituents is 1. The SMILES string of the molecule is N#Cc1cc([N+](=O)[O-])ccc1NC(=O)Cc1csc2nc(-c3ccc(F)cc3)cn12. The second kappa shape index (κ2) is 7.73. The van der Waals surface area contributed by atoms with E-state index < -0.39 is 4.92 Å². The lowest BCUT2D eigenvalue weighted by atomic mass is 10.1. The van der Waals surface area contributed by atoms with E-state index in [0.29, 0.717) is 16.3 Å². The Kier molecular flexibility index (Phi) is 4.95. The molecule has 2 aromatic carbocycles. The number of carbonyl (C=O) groups excluding carboxylic acids is 1. The summed E-state index contributed by atoms with van der Waals surface area (Å²) in [6, 6.07) is 11.5. The van der Waals surface area contributed by atoms with Crippen LogP contribution in [0.2, 0.25) is 0 Å². The Morgan fingerprint density at radius 3 is 2.77 bits per heavy atom. The number of halogens is 1. The maximum atomic E-state index is 13.1. The van der Waals surface area contributed by atoms with Crippen molar-refractivity contribution >= 4 is 33.6 Å². The number of nitro benzene ring substituents is 1. The van der Waals surface area contributed by atoms with Crippen molar-refractivity contribution in [3.05, 3.63) is 81.2 Å². The van der Waals surface area contributed by atoms with Gasteiger partial charge in [0.05, 0.1) is 28.3 Å². The van der Waals surface area contributed by atoms with Crippen LogP contribution in [0.5, 0.6) is 0 Å². The predicted molar refractivity (Wildman–Crippen MR) is 109 cm³/mol. The van der Waals surface area contributed by atoms with Crippen LogP contribution in [0.15, 0.2) is 54.0 Å². The number of thiazole rings is 1. The Labute approximate surface area is 173 Å². The molecule has 2 aromatic heterocycles. The highest BCUT2D eigenvalue weighted by Crippen LogP contribution is 2.25. The third kappa shape index (κ3) is 3.74. The molecule has 10 heteroatoms. The minimum Gasteiger partial charge on any atom is -0.325 e. The number of hydrogen-bond donors (Lipinski definition) is 1. The lowest BCUT2D eigenvalue weighted by Gasteiger charge is -2.06. The van der Waals surface area contributed by atoms with E-state index in [1.54, 1.807) is 28.1 Å². The van der Waals surface area contributed by atoms with Crippen LogP contribution in [0.25, 0.3) is 16.2 Å². The van der Waals surface area contributed by atoms with Gasteiger partial charge in [0.2, 0.25) is 5.91 Å². The van der Waals surface area contributed by atoms with Crippen LogP contribution in [0.3, 0.4) is 0 Å². The van der Waals surface area contributed by atoms with Gasteiger partial charge in [-0.15, -0.1) is 11.3 Å². The number of nitriles is 1. The molecule has 1 amide bonds. The molecule has 148 valence electrons. The quantitative estimate of drug-likeness (QED) is 0.384. The molecule has 0 radical (unpaired) electrons. The molecule has 2 heterocycles. The molecule has 4 aromatic rings. The fraction of sp³-hybridized carbons (Fsp3) is 0.0500. The molecule has 0 aliphatic carbocycles. The second-order valence-corrected chi connectivity index (χ2v) is 7.17. The Balaban J connectivity index is 1.54. The van der Waals surface area contributed by atoms with Crippen molar-refractivity contribution in [2.24, 2.45) is 0 Å². The number of nitro groups is 1. The van der Waals surface area contributed by atoms with E-state index in [1.807, 2.05) is 6.07 Å². The van der Waals surface area contributed by atoms with Gasteiger partial charge in [0.25, 0.3) is 5.69 Å². The van der Waals surface area contributed by atoms with Gasteiger partial charge < -0.3 is 5.32 Å². The summed E-state index contributed by atoms with van der Waals surface area (Å²) in [6.45, 7) is 0. The Morgan fingerprint density at radius 2 is 2.07 bits per heavy atom. The van der Waals surface area contributed by atoms with E-state index >= 15 is 0 Å². The molecule has 0 atom stereocenters. The van der Waals surface area contributed by atoms with Crippen LogP contribution < -0.4 is 5.32 Å². The molecular weight excluding hydrogens is 409 g/mol. The minimum absolute atomic E-state index is 0.00856. The first-order valence-corrected chi connectivity index (χ1v) is 9.52. The Bertz CT molecular complexity index is 1320. The summed E-state index contributed by atoms with van der Waals surface area (Å²) in [4.78, 5) is 27.9. The first-order valence-electron chi connectivity index (χ1n) is 8.64. The molecule has 0 spiro atoms. The van der Waals surface area contributed by atoms with Gasteiger partial charge in [0.15, 0.2) is 4.96 Å². The summed E-state index contributed by atoms with van der Waals surface area (Å²) in [5.41, 5.74) is 2.09. The number of nitrogens with zero attached hydrogens (tertiary/aromatic N) is 4. The number of aromatic nitrogens is 2. The summed E-state index contributed by atoms with van der Waals surface area (Å²) in [7, 11) is 0. The molecule has 0 aliphatic rings. The number of amides is 1. The molecule has 0 aliphatic heterocycles. The summed E-state index contributed by atoms with van der Waals surface area (Å²) >= 11 is 1.36. The number of carbonyl (C=O) groups is 1. The molecule has 4 rings (SSSR count). The molecular formula is C20H12FN5O3S. The van der Waals surface area contributed by atoms with Gasteiger partial charge >= 0.3 is 0 Å². The van der Waals surface area contributed by atoms with E-state index in [-0.39, 0.29) is 35.1 Å². The summed E-state index contributed by atoms with van der Waals surface area (Å²) < 4.78 is 14.9. The molecule has 0 saturated heterocycles. The van der Waals surface area contributed by atoms with Crippen LogP contribution in [0.1, 0.15) is 11.3 Å². The zero-order chi connectivity index (χ0) is 21.3. The van der Waals surface area contributed by atoms with Crippen LogP contribution in [-0.4, -0.2) is 20.2 Å². The molecule has 0 bridgehead atoms. The van der Waals surface area contributed by atoms with E-state index in [2.05, 4.69) is 10.3 Å². The van der Waals surface area contributed by atoms with E-state index in [9.17, 15) is 24.6 Å². The highest BCUT2D eigenvalue weighted by Gasteiger charge is 2.16. The van der Waals surface area contributed by atoms with Gasteiger partial charge in [0.1, 0.15) is 11.9 Å². The van der Waals surface area contributed by atoms with E-state index in [4.69, 9.17) is 0 Å². The van der Waals surface area contributed by atoms with Crippen LogP contribution >= 0.6 is 11.3 Å². The van der Waals surface area contributed by atoms with Crippen molar-refractivity contribution in [3.8, 4) is 17.3 Å². The topological polar surface area (TPSA) is 113 Å². The number of fused-ring (bicyclic) bond motifs is 1. The van der Waals surface area contributed by atoms with E-state index in [1.165, 1.54) is 35.6 Å². The highest BCUT2D eigenvalue weighted by molar-refractivity contribution is 7.15. The summed E-state index contributed by atoms with van der Waals surface area (Å²) in [5, 5.41) is 24.5. The molecule has 0 fully saturated rings. The van der Waals surface area contributed by atoms with Crippen LogP contribution in [-0.2, 0) is 11.2 Å². The normalized spacial score (nSPS) is 10.7. The number of nitrogens with one attached hydrogen (secondary N) is 1. The third-order valence-electron chi connectivity index (χ3n) is 4.37. The fourth-order valence-electron chi connectivity index (χ4n) is 2.92. The van der Waals surface area contributed by atoms with E-state index in [0.717, 1.165) is 11.6 Å². The zero-order valence-electron chi connectivity index (χ0n) is 15.2. The van der Waals surface area contributed by atoms with Crippen LogP contribution in [0.4, 0.5) is 15.8 Å². The highest BCUT2D eigenvalue weighted by atomic mass is 32.1. The maximum Gasteiger partial charge on any atom is 0.270 e. The molecule has 8 nitrogen and oxygen atoms in total. The van der Waals surface area contributed by atoms with Gasteiger partial charge in [-0.3, -0.25) is 19.3 Å². The van der Waals surface area contributed by atoms with Crippen molar-refractivity contribution in [1.29, 1.82) is 5.26 Å². The van der Waals surface area contributed by atoms with Gasteiger partial charge in [-0.25, -0.2) is 9.37 Å².